The molecule has 0 radical (unpaired) electrons. The van der Waals surface area contributed by atoms with Crippen LogP contribution in [-0.4, -0.2) is 11.2 Å². The summed E-state index contributed by atoms with van der Waals surface area (Å²) in [6, 6.07) is 9.73. The molecule has 1 aromatic carbocycles. The fourth-order valence-corrected chi connectivity index (χ4v) is 3.55. The van der Waals surface area contributed by atoms with E-state index in [1.807, 2.05) is 30.3 Å². The number of hydrogen-bond donors (Lipinski definition) is 0. The summed E-state index contributed by atoms with van der Waals surface area (Å²) >= 11 is 1.41. The maximum atomic E-state index is 11.2. The molecule has 0 aliphatic heterocycles. The normalized spacial score (nSPS) is 12.2. The van der Waals surface area contributed by atoms with E-state index in [0.717, 1.165) is 17.7 Å². The van der Waals surface area contributed by atoms with Crippen LogP contribution in [-0.2, 0) is 4.79 Å². The van der Waals surface area contributed by atoms with Gasteiger partial charge in [-0.15, -0.1) is 11.8 Å². The smallest absolute Gasteiger partial charge is 0.0548 e. The molecule has 1 atom stereocenters. The molecule has 0 N–H and O–H groups in total. The maximum Gasteiger partial charge on any atom is 0.0548 e. The fraction of sp³-hybridized carbons (Fsp3) is 0.632. The Bertz CT molecular complexity index is 392. The average molecular weight is 322 g/mol. The zero-order valence-electron chi connectivity index (χ0n) is 13.8. The van der Waals surface area contributed by atoms with Crippen LogP contribution in [0.1, 0.15) is 71.1 Å². The number of unbranched alkanes of at least 4 members (excludes halogenated alkanes) is 8. The Morgan fingerprint density at radius 3 is 2.05 bits per heavy atom. The van der Waals surface area contributed by atoms with Gasteiger partial charge in [0.1, 0.15) is 0 Å². The van der Waals surface area contributed by atoms with Crippen molar-refractivity contribution in [3.63, 3.8) is 0 Å². The molecule has 3 heteroatoms. The second-order valence-corrected chi connectivity index (χ2v) is 7.13. The van der Waals surface area contributed by atoms with E-state index in [0.29, 0.717) is 6.42 Å². The van der Waals surface area contributed by atoms with Crippen LogP contribution in [0.2, 0.25) is 0 Å². The quantitative estimate of drug-likeness (QED) is 0.386. The number of aliphatic carboxylic acids is 1. The van der Waals surface area contributed by atoms with Gasteiger partial charge >= 0.3 is 0 Å². The molecule has 1 aromatic rings. The highest BCUT2D eigenvalue weighted by Gasteiger charge is 2.11. The van der Waals surface area contributed by atoms with Crippen LogP contribution in [0.5, 0.6) is 0 Å². The first-order valence-electron chi connectivity index (χ1n) is 8.66. The Labute approximate surface area is 139 Å². The topological polar surface area (TPSA) is 40.1 Å². The van der Waals surface area contributed by atoms with Gasteiger partial charge in [-0.25, -0.2) is 0 Å². The molecule has 0 bridgehead atoms. The van der Waals surface area contributed by atoms with E-state index in [1.54, 1.807) is 0 Å². The fourth-order valence-electron chi connectivity index (χ4n) is 2.53. The van der Waals surface area contributed by atoms with Gasteiger partial charge in [-0.2, -0.15) is 0 Å². The van der Waals surface area contributed by atoms with Gasteiger partial charge in [0, 0.05) is 10.1 Å². The number of benzene rings is 1. The average Bonchev–Trinajstić information content (AvgIpc) is 2.53. The van der Waals surface area contributed by atoms with Crippen LogP contribution in [0.15, 0.2) is 35.2 Å². The van der Waals surface area contributed by atoms with Crippen LogP contribution in [0.25, 0.3) is 0 Å². The van der Waals surface area contributed by atoms with Crippen molar-refractivity contribution in [2.24, 2.45) is 0 Å². The molecule has 0 aliphatic carbocycles. The van der Waals surface area contributed by atoms with Crippen molar-refractivity contribution in [3.8, 4) is 0 Å². The van der Waals surface area contributed by atoms with Gasteiger partial charge in [-0.3, -0.25) is 0 Å². The van der Waals surface area contributed by atoms with Gasteiger partial charge in [0.15, 0.2) is 0 Å². The molecule has 1 unspecified atom stereocenters. The number of carbonyl (C=O) groups is 1. The second kappa shape index (κ2) is 12.6. The van der Waals surface area contributed by atoms with E-state index in [4.69, 9.17) is 0 Å². The summed E-state index contributed by atoms with van der Waals surface area (Å²) in [7, 11) is 0. The van der Waals surface area contributed by atoms with Crippen molar-refractivity contribution in [3.05, 3.63) is 30.3 Å². The van der Waals surface area contributed by atoms with E-state index in [1.165, 1.54) is 56.7 Å². The lowest BCUT2D eigenvalue weighted by Gasteiger charge is -2.17. The zero-order valence-corrected chi connectivity index (χ0v) is 14.6. The summed E-state index contributed by atoms with van der Waals surface area (Å²) < 4.78 is 0. The van der Waals surface area contributed by atoms with Crippen molar-refractivity contribution in [2.75, 3.05) is 0 Å². The SMILES string of the molecule is CCCCCCCCCCCC(Sc1ccccc1)C(=O)[O-]. The highest BCUT2D eigenvalue weighted by atomic mass is 32.2. The van der Waals surface area contributed by atoms with Crippen LogP contribution < -0.4 is 5.11 Å². The van der Waals surface area contributed by atoms with E-state index in [2.05, 4.69) is 6.92 Å². The summed E-state index contributed by atoms with van der Waals surface area (Å²) in [5.74, 6) is -0.937. The van der Waals surface area contributed by atoms with Crippen molar-refractivity contribution >= 4 is 17.7 Å². The Morgan fingerprint density at radius 2 is 1.50 bits per heavy atom. The number of hydrogen-bond acceptors (Lipinski definition) is 3. The van der Waals surface area contributed by atoms with Crippen LogP contribution in [0, 0.1) is 0 Å². The molecular formula is C19H29O2S-. The van der Waals surface area contributed by atoms with Crippen molar-refractivity contribution < 1.29 is 9.90 Å². The first-order valence-corrected chi connectivity index (χ1v) is 9.54. The third-order valence-electron chi connectivity index (χ3n) is 3.85. The lowest BCUT2D eigenvalue weighted by atomic mass is 10.1. The minimum atomic E-state index is -0.937. The van der Waals surface area contributed by atoms with E-state index in [9.17, 15) is 9.90 Å². The molecule has 0 saturated carbocycles. The largest absolute Gasteiger partial charge is 0.549 e. The molecule has 1 rings (SSSR count). The Morgan fingerprint density at radius 1 is 0.955 bits per heavy atom. The number of carboxylic acids is 1. The monoisotopic (exact) mass is 321 g/mol. The Hall–Kier alpha value is -0.960. The zero-order chi connectivity index (χ0) is 16.0. The Balaban J connectivity index is 2.11. The maximum absolute atomic E-state index is 11.2. The van der Waals surface area contributed by atoms with Gasteiger partial charge in [0.2, 0.25) is 0 Å². The lowest BCUT2D eigenvalue weighted by Crippen LogP contribution is -2.33. The molecule has 2 nitrogen and oxygen atoms in total. The van der Waals surface area contributed by atoms with Gasteiger partial charge < -0.3 is 9.90 Å². The van der Waals surface area contributed by atoms with Gasteiger partial charge in [-0.1, -0.05) is 82.9 Å². The molecule has 0 heterocycles. The molecule has 22 heavy (non-hydrogen) atoms. The first kappa shape index (κ1) is 19.1. The molecule has 0 aromatic heterocycles. The predicted octanol–water partition coefficient (Wildman–Crippen LogP) is 4.82. The summed E-state index contributed by atoms with van der Waals surface area (Å²) in [6.07, 6.45) is 12.0. The second-order valence-electron chi connectivity index (χ2n) is 5.86. The minimum absolute atomic E-state index is 0.424. The molecule has 124 valence electrons. The lowest BCUT2D eigenvalue weighted by molar-refractivity contribution is -0.304. The third kappa shape index (κ3) is 9.14. The number of carboxylic acid groups (broad SMARTS) is 1. The van der Waals surface area contributed by atoms with Crippen LogP contribution >= 0.6 is 11.8 Å². The van der Waals surface area contributed by atoms with Gasteiger partial charge in [-0.05, 0) is 18.6 Å². The van der Waals surface area contributed by atoms with Crippen molar-refractivity contribution in [1.82, 2.24) is 0 Å². The van der Waals surface area contributed by atoms with E-state index >= 15 is 0 Å². The highest BCUT2D eigenvalue weighted by Crippen LogP contribution is 2.26. The first-order chi connectivity index (χ1) is 10.7. The standard InChI is InChI=1S/C19H30O2S/c1-2-3-4-5-6-7-8-9-13-16-18(19(20)21)22-17-14-11-10-12-15-17/h10-12,14-15,18H,2-9,13,16H2,1H3,(H,20,21)/p-1. The molecule has 0 amide bonds. The van der Waals surface area contributed by atoms with Gasteiger partial charge in [0.05, 0.1) is 5.97 Å². The van der Waals surface area contributed by atoms with Crippen molar-refractivity contribution in [1.29, 1.82) is 0 Å². The summed E-state index contributed by atoms with van der Waals surface area (Å²) in [6.45, 7) is 2.24. The molecule has 0 spiro atoms. The van der Waals surface area contributed by atoms with Crippen molar-refractivity contribution in [2.45, 2.75) is 81.3 Å². The Kier molecular flexibility index (Phi) is 10.9. The molecular weight excluding hydrogens is 292 g/mol. The van der Waals surface area contributed by atoms with Gasteiger partial charge in [0.25, 0.3) is 0 Å². The molecule has 0 fully saturated rings. The van der Waals surface area contributed by atoms with Crippen LogP contribution in [0.3, 0.4) is 0 Å². The third-order valence-corrected chi connectivity index (χ3v) is 5.11. The predicted molar refractivity (Wildman–Crippen MR) is 92.9 cm³/mol. The summed E-state index contributed by atoms with van der Waals surface area (Å²) in [4.78, 5) is 12.2. The summed E-state index contributed by atoms with van der Waals surface area (Å²) in [5, 5.41) is 10.8. The number of thioether (sulfide) groups is 1. The molecule has 0 saturated heterocycles. The number of rotatable bonds is 13. The van der Waals surface area contributed by atoms with E-state index < -0.39 is 11.2 Å². The summed E-state index contributed by atoms with van der Waals surface area (Å²) in [5.41, 5.74) is 0. The van der Waals surface area contributed by atoms with Crippen LogP contribution in [0.4, 0.5) is 0 Å². The number of carbonyl (C=O) groups excluding carboxylic acids is 1. The molecule has 0 aliphatic rings. The highest BCUT2D eigenvalue weighted by molar-refractivity contribution is 8.00. The van der Waals surface area contributed by atoms with E-state index in [-0.39, 0.29) is 0 Å². The minimum Gasteiger partial charge on any atom is -0.549 e.